The van der Waals surface area contributed by atoms with Crippen molar-refractivity contribution in [3.63, 3.8) is 0 Å². The van der Waals surface area contributed by atoms with Crippen LogP contribution in [0.3, 0.4) is 0 Å². The molecule has 33 heavy (non-hydrogen) atoms. The summed E-state index contributed by atoms with van der Waals surface area (Å²) >= 11 is 6.12. The molecule has 0 saturated heterocycles. The van der Waals surface area contributed by atoms with Gasteiger partial charge in [0.15, 0.2) is 6.61 Å². The summed E-state index contributed by atoms with van der Waals surface area (Å²) in [5, 5.41) is 5.77. The van der Waals surface area contributed by atoms with Crippen LogP contribution in [0.15, 0.2) is 78.9 Å². The summed E-state index contributed by atoms with van der Waals surface area (Å²) in [5.41, 5.74) is 1.57. The summed E-state index contributed by atoms with van der Waals surface area (Å²) in [6.07, 6.45) is -0.157. The van der Waals surface area contributed by atoms with E-state index in [0.717, 1.165) is 5.56 Å². The van der Waals surface area contributed by atoms with Crippen molar-refractivity contribution in [3.8, 4) is 5.75 Å². The lowest BCUT2D eigenvalue weighted by molar-refractivity contribution is -0.147. The quantitative estimate of drug-likeness (QED) is 0.456. The van der Waals surface area contributed by atoms with E-state index in [0.29, 0.717) is 22.0 Å². The summed E-state index contributed by atoms with van der Waals surface area (Å²) in [6.45, 7) is -0.454. The van der Waals surface area contributed by atoms with Gasteiger partial charge >= 0.3 is 5.97 Å². The van der Waals surface area contributed by atoms with Crippen molar-refractivity contribution in [1.29, 1.82) is 0 Å². The first kappa shape index (κ1) is 23.8. The second-order valence-corrected chi connectivity index (χ2v) is 7.47. The monoisotopic (exact) mass is 466 g/mol. The number of anilines is 1. The number of benzene rings is 3. The van der Waals surface area contributed by atoms with Crippen LogP contribution in [0.5, 0.6) is 5.75 Å². The van der Waals surface area contributed by atoms with E-state index in [-0.39, 0.29) is 6.42 Å². The van der Waals surface area contributed by atoms with Crippen LogP contribution in [0.1, 0.15) is 28.4 Å². The average Bonchev–Trinajstić information content (AvgIpc) is 2.83. The summed E-state index contributed by atoms with van der Waals surface area (Å²) in [7, 11) is 1.55. The molecule has 0 fully saturated rings. The van der Waals surface area contributed by atoms with Crippen LogP contribution in [0.25, 0.3) is 0 Å². The molecule has 0 spiro atoms. The normalized spacial score (nSPS) is 11.2. The predicted octanol–water partition coefficient (Wildman–Crippen LogP) is 4.39. The van der Waals surface area contributed by atoms with Gasteiger partial charge in [0, 0.05) is 5.69 Å². The van der Waals surface area contributed by atoms with Crippen molar-refractivity contribution in [2.75, 3.05) is 19.0 Å². The van der Waals surface area contributed by atoms with Crippen molar-refractivity contribution in [1.82, 2.24) is 5.32 Å². The van der Waals surface area contributed by atoms with Crippen molar-refractivity contribution < 1.29 is 23.9 Å². The standard InChI is InChI=1S/C25H23ClN2O5/c1-32-19-13-11-18(12-14-19)27-23(29)16-33-24(30)15-22(17-7-3-2-4-8-17)28-25(31)20-9-5-6-10-21(20)26/h2-14,22H,15-16H2,1H3,(H,27,29)(H,28,31). The molecule has 2 amide bonds. The van der Waals surface area contributed by atoms with E-state index < -0.39 is 30.4 Å². The van der Waals surface area contributed by atoms with Crippen molar-refractivity contribution >= 4 is 35.1 Å². The number of amides is 2. The minimum absolute atomic E-state index is 0.157. The number of methoxy groups -OCH3 is 1. The van der Waals surface area contributed by atoms with Crippen LogP contribution in [-0.4, -0.2) is 31.5 Å². The van der Waals surface area contributed by atoms with Gasteiger partial charge in [-0.15, -0.1) is 0 Å². The lowest BCUT2D eigenvalue weighted by Gasteiger charge is -2.19. The fourth-order valence-electron chi connectivity index (χ4n) is 3.06. The lowest BCUT2D eigenvalue weighted by Crippen LogP contribution is -2.31. The minimum Gasteiger partial charge on any atom is -0.497 e. The molecule has 0 aliphatic heterocycles. The van der Waals surface area contributed by atoms with Crippen LogP contribution >= 0.6 is 11.6 Å². The molecule has 0 aliphatic carbocycles. The smallest absolute Gasteiger partial charge is 0.308 e. The van der Waals surface area contributed by atoms with Crippen LogP contribution in [0.2, 0.25) is 5.02 Å². The van der Waals surface area contributed by atoms with E-state index in [1.165, 1.54) is 0 Å². The van der Waals surface area contributed by atoms with Crippen molar-refractivity contribution in [2.45, 2.75) is 12.5 Å². The van der Waals surface area contributed by atoms with Gasteiger partial charge in [0.2, 0.25) is 0 Å². The highest BCUT2D eigenvalue weighted by Gasteiger charge is 2.21. The van der Waals surface area contributed by atoms with E-state index in [1.54, 1.807) is 79.9 Å². The molecule has 1 atom stereocenters. The third kappa shape index (κ3) is 7.08. The van der Waals surface area contributed by atoms with E-state index >= 15 is 0 Å². The first-order valence-electron chi connectivity index (χ1n) is 10.2. The Balaban J connectivity index is 1.59. The Labute approximate surface area is 196 Å². The van der Waals surface area contributed by atoms with Gasteiger partial charge in [-0.3, -0.25) is 14.4 Å². The van der Waals surface area contributed by atoms with Gasteiger partial charge in [-0.25, -0.2) is 0 Å². The molecule has 3 aromatic rings. The highest BCUT2D eigenvalue weighted by atomic mass is 35.5. The Hall–Kier alpha value is -3.84. The Kier molecular flexibility index (Phi) is 8.43. The summed E-state index contributed by atoms with van der Waals surface area (Å²) < 4.78 is 10.2. The van der Waals surface area contributed by atoms with E-state index in [9.17, 15) is 14.4 Å². The zero-order valence-electron chi connectivity index (χ0n) is 17.9. The molecule has 0 heterocycles. The molecule has 2 N–H and O–H groups in total. The van der Waals surface area contributed by atoms with Gasteiger partial charge in [-0.05, 0) is 42.0 Å². The maximum absolute atomic E-state index is 12.7. The van der Waals surface area contributed by atoms with Crippen LogP contribution in [-0.2, 0) is 14.3 Å². The predicted molar refractivity (Wildman–Crippen MR) is 125 cm³/mol. The fraction of sp³-hybridized carbons (Fsp3) is 0.160. The fourth-order valence-corrected chi connectivity index (χ4v) is 3.28. The average molecular weight is 467 g/mol. The van der Waals surface area contributed by atoms with Crippen LogP contribution in [0, 0.1) is 0 Å². The zero-order chi connectivity index (χ0) is 23.6. The minimum atomic E-state index is -0.660. The summed E-state index contributed by atoms with van der Waals surface area (Å²) in [5.74, 6) is -0.872. The van der Waals surface area contributed by atoms with Gasteiger partial charge < -0.3 is 20.1 Å². The maximum Gasteiger partial charge on any atom is 0.308 e. The molecule has 3 rings (SSSR count). The number of nitrogens with one attached hydrogen (secondary N) is 2. The molecule has 8 heteroatoms. The molecule has 1 unspecified atom stereocenters. The van der Waals surface area contributed by atoms with E-state index in [1.807, 2.05) is 6.07 Å². The number of carbonyl (C=O) groups is 3. The number of ether oxygens (including phenoxy) is 2. The number of esters is 1. The highest BCUT2D eigenvalue weighted by molar-refractivity contribution is 6.33. The van der Waals surface area contributed by atoms with Gasteiger partial charge in [-0.2, -0.15) is 0 Å². The highest BCUT2D eigenvalue weighted by Crippen LogP contribution is 2.21. The van der Waals surface area contributed by atoms with Crippen molar-refractivity contribution in [2.24, 2.45) is 0 Å². The zero-order valence-corrected chi connectivity index (χ0v) is 18.7. The SMILES string of the molecule is COc1ccc(NC(=O)COC(=O)CC(NC(=O)c2ccccc2Cl)c2ccccc2)cc1. The van der Waals surface area contributed by atoms with Gasteiger partial charge in [-0.1, -0.05) is 54.1 Å². The van der Waals surface area contributed by atoms with E-state index in [4.69, 9.17) is 21.1 Å². The molecule has 0 aromatic heterocycles. The first-order chi connectivity index (χ1) is 16.0. The van der Waals surface area contributed by atoms with E-state index in [2.05, 4.69) is 10.6 Å². The number of carbonyl (C=O) groups excluding carboxylic acids is 3. The summed E-state index contributed by atoms with van der Waals surface area (Å²) in [6, 6.07) is 21.8. The first-order valence-corrected chi connectivity index (χ1v) is 10.5. The van der Waals surface area contributed by atoms with Gasteiger partial charge in [0.25, 0.3) is 11.8 Å². The molecule has 0 bridgehead atoms. The molecular weight excluding hydrogens is 444 g/mol. The number of hydrogen-bond donors (Lipinski definition) is 2. The molecule has 7 nitrogen and oxygen atoms in total. The Morgan fingerprint density at radius 2 is 1.58 bits per heavy atom. The van der Waals surface area contributed by atoms with Crippen LogP contribution in [0.4, 0.5) is 5.69 Å². The Morgan fingerprint density at radius 1 is 0.909 bits per heavy atom. The maximum atomic E-state index is 12.7. The Morgan fingerprint density at radius 3 is 2.24 bits per heavy atom. The molecular formula is C25H23ClN2O5. The molecule has 3 aromatic carbocycles. The number of rotatable bonds is 9. The summed E-state index contributed by atoms with van der Waals surface area (Å²) in [4.78, 5) is 37.3. The second kappa shape index (κ2) is 11.7. The molecule has 0 radical (unpaired) electrons. The second-order valence-electron chi connectivity index (χ2n) is 7.06. The number of hydrogen-bond acceptors (Lipinski definition) is 5. The largest absolute Gasteiger partial charge is 0.497 e. The molecule has 0 saturated carbocycles. The Bertz CT molecular complexity index is 1100. The molecule has 170 valence electrons. The van der Waals surface area contributed by atoms with Gasteiger partial charge in [0.05, 0.1) is 30.2 Å². The molecule has 0 aliphatic rings. The third-order valence-electron chi connectivity index (χ3n) is 4.73. The topological polar surface area (TPSA) is 93.7 Å². The van der Waals surface area contributed by atoms with Gasteiger partial charge in [0.1, 0.15) is 5.75 Å². The number of halogens is 1. The van der Waals surface area contributed by atoms with Crippen molar-refractivity contribution in [3.05, 3.63) is 95.0 Å². The van der Waals surface area contributed by atoms with Crippen LogP contribution < -0.4 is 15.4 Å². The third-order valence-corrected chi connectivity index (χ3v) is 5.06. The lowest BCUT2D eigenvalue weighted by atomic mass is 10.0.